The van der Waals surface area contributed by atoms with Crippen molar-refractivity contribution in [3.8, 4) is 11.3 Å². The summed E-state index contributed by atoms with van der Waals surface area (Å²) in [6.45, 7) is 0.108. The van der Waals surface area contributed by atoms with E-state index in [0.717, 1.165) is 32.6 Å². The van der Waals surface area contributed by atoms with E-state index in [2.05, 4.69) is 4.72 Å². The maximum atomic E-state index is 13.3. The number of hydrogen-bond acceptors (Lipinski definition) is 4. The monoisotopic (exact) mass is 605 g/mol. The van der Waals surface area contributed by atoms with Gasteiger partial charge in [0, 0.05) is 48.6 Å². The van der Waals surface area contributed by atoms with Crippen molar-refractivity contribution in [1.82, 2.24) is 14.2 Å². The Hall–Kier alpha value is -3.38. The highest BCUT2D eigenvalue weighted by Crippen LogP contribution is 2.36. The van der Waals surface area contributed by atoms with Crippen molar-refractivity contribution in [2.45, 2.75) is 74.5 Å². The average Bonchev–Trinajstić information content (AvgIpc) is 3.57. The molecule has 1 amide bonds. The number of amides is 1. The molecule has 42 heavy (non-hydrogen) atoms. The highest BCUT2D eigenvalue weighted by Gasteiger charge is 2.49. The van der Waals surface area contributed by atoms with Crippen molar-refractivity contribution in [2.24, 2.45) is 13.0 Å². The standard InChI is InChI=1S/C30H34F3N3O5S/c1-35-25(20-7-4-19(5-8-20)6-15-28(37)38)17-22-11-14-24(18-26(22)35)42(40,41)34-23-12-9-21(10-13-23)29(39)36-16-2-3-27(36)30(31,32)33/h4-5,7-8,11,14,17-18,21,23,27,34H,2-3,6,9-10,12-13,15-16H2,1H3,(H,37,38). The Morgan fingerprint density at radius 2 is 1.69 bits per heavy atom. The Balaban J connectivity index is 1.24. The van der Waals surface area contributed by atoms with Gasteiger partial charge in [0.2, 0.25) is 15.9 Å². The van der Waals surface area contributed by atoms with E-state index in [1.54, 1.807) is 18.2 Å². The van der Waals surface area contributed by atoms with E-state index in [9.17, 15) is 31.2 Å². The lowest BCUT2D eigenvalue weighted by Gasteiger charge is -2.33. The molecule has 1 atom stereocenters. The fourth-order valence-electron chi connectivity index (χ4n) is 6.20. The first-order chi connectivity index (χ1) is 19.8. The Labute approximate surface area is 242 Å². The largest absolute Gasteiger partial charge is 0.481 e. The highest BCUT2D eigenvalue weighted by molar-refractivity contribution is 7.89. The van der Waals surface area contributed by atoms with E-state index >= 15 is 0 Å². The Bertz CT molecular complexity index is 1580. The summed E-state index contributed by atoms with van der Waals surface area (Å²) in [6, 6.07) is 12.3. The Morgan fingerprint density at radius 3 is 2.33 bits per heavy atom. The van der Waals surface area contributed by atoms with Crippen LogP contribution in [0.15, 0.2) is 53.4 Å². The van der Waals surface area contributed by atoms with Gasteiger partial charge < -0.3 is 14.6 Å². The fourth-order valence-corrected chi connectivity index (χ4v) is 7.52. The molecule has 1 saturated carbocycles. The summed E-state index contributed by atoms with van der Waals surface area (Å²) in [5, 5.41) is 9.76. The zero-order valence-electron chi connectivity index (χ0n) is 23.2. The number of carboxylic acid groups (broad SMARTS) is 1. The lowest BCUT2D eigenvalue weighted by atomic mass is 9.85. The van der Waals surface area contributed by atoms with Gasteiger partial charge in [-0.25, -0.2) is 13.1 Å². The van der Waals surface area contributed by atoms with E-state index in [4.69, 9.17) is 5.11 Å². The molecule has 2 heterocycles. The van der Waals surface area contributed by atoms with Crippen LogP contribution in [0.5, 0.6) is 0 Å². The number of aliphatic carboxylic acids is 1. The number of benzene rings is 2. The third-order valence-electron chi connectivity index (χ3n) is 8.52. The molecule has 2 fully saturated rings. The summed E-state index contributed by atoms with van der Waals surface area (Å²) in [7, 11) is -2.03. The van der Waals surface area contributed by atoms with E-state index < -0.39 is 46.1 Å². The van der Waals surface area contributed by atoms with Crippen LogP contribution in [-0.4, -0.2) is 59.7 Å². The number of sulfonamides is 1. The number of hydrogen-bond donors (Lipinski definition) is 2. The molecule has 1 saturated heterocycles. The molecule has 1 aromatic heterocycles. The molecule has 1 aliphatic heterocycles. The summed E-state index contributed by atoms with van der Waals surface area (Å²) >= 11 is 0. The molecule has 0 radical (unpaired) electrons. The van der Waals surface area contributed by atoms with Gasteiger partial charge in [-0.15, -0.1) is 0 Å². The van der Waals surface area contributed by atoms with E-state index in [1.165, 1.54) is 0 Å². The van der Waals surface area contributed by atoms with Gasteiger partial charge in [-0.1, -0.05) is 30.3 Å². The molecule has 2 N–H and O–H groups in total. The first-order valence-corrected chi connectivity index (χ1v) is 15.6. The number of carbonyl (C=O) groups is 2. The summed E-state index contributed by atoms with van der Waals surface area (Å²) in [5.74, 6) is -1.86. The molecule has 2 aromatic carbocycles. The van der Waals surface area contributed by atoms with Gasteiger partial charge in [0.05, 0.1) is 4.90 Å². The number of halogens is 3. The molecule has 12 heteroatoms. The molecular weight excluding hydrogens is 571 g/mol. The number of likely N-dealkylation sites (tertiary alicyclic amines) is 1. The van der Waals surface area contributed by atoms with Crippen LogP contribution in [0.3, 0.4) is 0 Å². The SMILES string of the molecule is Cn1c(-c2ccc(CCC(=O)O)cc2)cc2ccc(S(=O)(=O)NC3CCC(C(=O)N4CCCC4C(F)(F)F)CC3)cc21. The van der Waals surface area contributed by atoms with E-state index in [1.807, 2.05) is 41.9 Å². The molecule has 8 nitrogen and oxygen atoms in total. The van der Waals surface area contributed by atoms with E-state index in [0.29, 0.717) is 38.5 Å². The highest BCUT2D eigenvalue weighted by atomic mass is 32.2. The maximum Gasteiger partial charge on any atom is 0.408 e. The van der Waals surface area contributed by atoms with Gasteiger partial charge in [0.25, 0.3) is 0 Å². The van der Waals surface area contributed by atoms with Crippen LogP contribution in [0.2, 0.25) is 0 Å². The average molecular weight is 606 g/mol. The smallest absolute Gasteiger partial charge is 0.408 e. The summed E-state index contributed by atoms with van der Waals surface area (Å²) in [5.41, 5.74) is 3.43. The predicted octanol–water partition coefficient (Wildman–Crippen LogP) is 5.25. The number of nitrogens with zero attached hydrogens (tertiary/aromatic N) is 2. The number of rotatable bonds is 8. The van der Waals surface area contributed by atoms with Gasteiger partial charge in [-0.2, -0.15) is 13.2 Å². The van der Waals surface area contributed by atoms with Crippen molar-refractivity contribution >= 4 is 32.8 Å². The van der Waals surface area contributed by atoms with Crippen LogP contribution in [0.25, 0.3) is 22.2 Å². The van der Waals surface area contributed by atoms with Crippen molar-refractivity contribution in [3.63, 3.8) is 0 Å². The van der Waals surface area contributed by atoms with Gasteiger partial charge in [-0.3, -0.25) is 9.59 Å². The zero-order valence-corrected chi connectivity index (χ0v) is 24.0. The van der Waals surface area contributed by atoms with Crippen LogP contribution in [0.1, 0.15) is 50.5 Å². The second kappa shape index (κ2) is 11.7. The number of aromatic nitrogens is 1. The number of fused-ring (bicyclic) bond motifs is 1. The number of aryl methyl sites for hydroxylation is 2. The second-order valence-corrected chi connectivity index (χ2v) is 13.0. The topological polar surface area (TPSA) is 109 Å². The maximum absolute atomic E-state index is 13.3. The third-order valence-corrected chi connectivity index (χ3v) is 10.0. The molecule has 1 unspecified atom stereocenters. The predicted molar refractivity (Wildman–Crippen MR) is 151 cm³/mol. The van der Waals surface area contributed by atoms with Crippen molar-refractivity contribution in [3.05, 3.63) is 54.1 Å². The van der Waals surface area contributed by atoms with Gasteiger partial charge >= 0.3 is 12.1 Å². The van der Waals surface area contributed by atoms with Crippen LogP contribution >= 0.6 is 0 Å². The summed E-state index contributed by atoms with van der Waals surface area (Å²) in [6.07, 6.45) is -2.26. The Morgan fingerprint density at radius 1 is 1.00 bits per heavy atom. The lowest BCUT2D eigenvalue weighted by molar-refractivity contribution is -0.184. The second-order valence-electron chi connectivity index (χ2n) is 11.3. The van der Waals surface area contributed by atoms with Crippen LogP contribution in [-0.2, 0) is 33.1 Å². The minimum atomic E-state index is -4.44. The van der Waals surface area contributed by atoms with Crippen molar-refractivity contribution < 1.29 is 36.3 Å². The van der Waals surface area contributed by atoms with Crippen molar-refractivity contribution in [1.29, 1.82) is 0 Å². The molecule has 5 rings (SSSR count). The Kier molecular flexibility index (Phi) is 8.39. The first kappa shape index (κ1) is 30.1. The van der Waals surface area contributed by atoms with Gasteiger partial charge in [-0.05, 0) is 74.3 Å². The number of carbonyl (C=O) groups excluding carboxylic acids is 1. The minimum absolute atomic E-state index is 0.0548. The van der Waals surface area contributed by atoms with Crippen LogP contribution < -0.4 is 4.72 Å². The lowest BCUT2D eigenvalue weighted by Crippen LogP contribution is -2.48. The molecule has 0 bridgehead atoms. The fraction of sp³-hybridized carbons (Fsp3) is 0.467. The summed E-state index contributed by atoms with van der Waals surface area (Å²) < 4.78 is 71.2. The number of alkyl halides is 3. The van der Waals surface area contributed by atoms with Gasteiger partial charge in [0.15, 0.2) is 0 Å². The van der Waals surface area contributed by atoms with Crippen LogP contribution in [0.4, 0.5) is 13.2 Å². The quantitative estimate of drug-likeness (QED) is 0.365. The number of carboxylic acids is 1. The molecule has 0 spiro atoms. The third kappa shape index (κ3) is 6.34. The molecule has 2 aliphatic rings. The number of nitrogens with one attached hydrogen (secondary N) is 1. The molecular formula is C30H34F3N3O5S. The van der Waals surface area contributed by atoms with Crippen LogP contribution in [0, 0.1) is 5.92 Å². The minimum Gasteiger partial charge on any atom is -0.481 e. The van der Waals surface area contributed by atoms with Gasteiger partial charge in [0.1, 0.15) is 6.04 Å². The normalized spacial score (nSPS) is 21.6. The van der Waals surface area contributed by atoms with Crippen molar-refractivity contribution in [2.75, 3.05) is 6.54 Å². The molecule has 226 valence electrons. The summed E-state index contributed by atoms with van der Waals surface area (Å²) in [4.78, 5) is 24.8. The zero-order chi connectivity index (χ0) is 30.2. The molecule has 3 aromatic rings. The molecule has 1 aliphatic carbocycles. The van der Waals surface area contributed by atoms with E-state index in [-0.39, 0.29) is 24.3 Å². The first-order valence-electron chi connectivity index (χ1n) is 14.1.